The Hall–Kier alpha value is -1.08. The molecule has 0 amide bonds. The number of hydrogen-bond acceptors (Lipinski definition) is 12. The minimum absolute atomic E-state index is 0.201. The maximum atomic E-state index is 13.0. The van der Waals surface area contributed by atoms with E-state index >= 15 is 0 Å². The lowest BCUT2D eigenvalue weighted by Crippen LogP contribution is -2.55. The van der Waals surface area contributed by atoms with Gasteiger partial charge in [-0.1, -0.05) is 73.9 Å². The van der Waals surface area contributed by atoms with Crippen LogP contribution in [0.5, 0.6) is 0 Å². The number of nitrogens with zero attached hydrogens (tertiary/aromatic N) is 3. The van der Waals surface area contributed by atoms with E-state index in [1.165, 1.54) is 32.4 Å². The van der Waals surface area contributed by atoms with Crippen LogP contribution in [-0.2, 0) is 33.8 Å². The Morgan fingerprint density at radius 2 is 0.795 bits per heavy atom. The van der Waals surface area contributed by atoms with Gasteiger partial charge in [-0.2, -0.15) is 0 Å². The molecular weight excluding hydrogens is 631 g/mol. The Bertz CT molecular complexity index is 965. The van der Waals surface area contributed by atoms with Crippen molar-refractivity contribution >= 4 is 80.7 Å². The van der Waals surface area contributed by atoms with Crippen molar-refractivity contribution in [2.24, 2.45) is 0 Å². The second-order valence-corrected chi connectivity index (χ2v) is 16.5. The normalized spacial score (nSPS) is 11.3. The Balaban J connectivity index is 3.06. The Kier molecular flexibility index (Phi) is 17.6. The third kappa shape index (κ3) is 14.4. The van der Waals surface area contributed by atoms with Crippen LogP contribution in [0.1, 0.15) is 41.5 Å². The van der Waals surface area contributed by atoms with Crippen LogP contribution >= 0.6 is 64.8 Å². The van der Waals surface area contributed by atoms with Crippen molar-refractivity contribution in [3.63, 3.8) is 0 Å². The monoisotopic (exact) mass is 666 g/mol. The molecule has 0 radical (unpaired) electrons. The number of rotatable bonds is 15. The summed E-state index contributed by atoms with van der Waals surface area (Å²) in [7, 11) is 7.20. The molecule has 222 valence electrons. The zero-order chi connectivity index (χ0) is 29.5. The number of carbonyl (C=O) groups excluding carboxylic acids is 3. The van der Waals surface area contributed by atoms with E-state index in [0.717, 1.165) is 46.1 Å². The molecule has 3 N–H and O–H groups in total. The largest absolute Gasteiger partial charge is 0.561 e. The average Bonchev–Trinajstić information content (AvgIpc) is 2.86. The summed E-state index contributed by atoms with van der Waals surface area (Å²) in [5, 5.41) is -0.238. The van der Waals surface area contributed by atoms with Gasteiger partial charge in [-0.15, -0.1) is 0 Å². The van der Waals surface area contributed by atoms with E-state index in [1.807, 2.05) is 41.5 Å². The van der Waals surface area contributed by atoms with Gasteiger partial charge in [0.05, 0.1) is 52.0 Å². The average molecular weight is 667 g/mol. The highest BCUT2D eigenvalue weighted by Crippen LogP contribution is 2.28. The smallest absolute Gasteiger partial charge is 0.329 e. The fourth-order valence-corrected chi connectivity index (χ4v) is 6.54. The van der Waals surface area contributed by atoms with Gasteiger partial charge in [0.15, 0.2) is 0 Å². The van der Waals surface area contributed by atoms with Crippen LogP contribution < -0.4 is 17.1 Å². The Labute approximate surface area is 250 Å². The predicted octanol–water partition coefficient (Wildman–Crippen LogP) is 2.97. The van der Waals surface area contributed by atoms with Crippen LogP contribution in [-0.4, -0.2) is 79.6 Å². The summed E-state index contributed by atoms with van der Waals surface area (Å²) in [6.45, 7) is 10.3. The van der Waals surface area contributed by atoms with Crippen LogP contribution in [0.2, 0.25) is 0 Å². The van der Waals surface area contributed by atoms with Gasteiger partial charge in [0, 0.05) is 15.7 Å². The topological polar surface area (TPSA) is 158 Å². The molecule has 1 rings (SSSR count). The molecule has 0 saturated carbocycles. The molecule has 18 heteroatoms. The molecule has 0 unspecified atom stereocenters. The van der Waals surface area contributed by atoms with Crippen LogP contribution in [0.25, 0.3) is 0 Å². The van der Waals surface area contributed by atoms with E-state index in [1.54, 1.807) is 0 Å². The number of aromatic nitrogens is 3. The molecule has 0 atom stereocenters. The molecule has 0 aromatic carbocycles. The third-order valence-electron chi connectivity index (χ3n) is 3.94. The van der Waals surface area contributed by atoms with Gasteiger partial charge >= 0.3 is 33.0 Å². The first-order chi connectivity index (χ1) is 18.3. The first kappa shape index (κ1) is 35.9. The molecule has 1 heterocycles. The Morgan fingerprint density at radius 1 is 0.564 bits per heavy atom. The summed E-state index contributed by atoms with van der Waals surface area (Å²) in [4.78, 5) is 68.7. The van der Waals surface area contributed by atoms with Gasteiger partial charge in [-0.25, -0.2) is 28.1 Å². The van der Waals surface area contributed by atoms with Crippen LogP contribution in [0.4, 0.5) is 0 Å². The standard InChI is InChI=1S/C21H33N3O9S6/c1-13(2)34-37-19(28)31-10-7-22-16(25)23(8-11-32-20(29)38-35-14(3)4)18(27)24(17(22)26)9-12-33-21(30)39-36-15(5)6/h13-15H,7-12H2,1-6H3/p+3. The van der Waals surface area contributed by atoms with Crippen LogP contribution in [0.3, 0.4) is 0 Å². The third-order valence-corrected chi connectivity index (χ3v) is 11.8. The van der Waals surface area contributed by atoms with Gasteiger partial charge in [0.25, 0.3) is 0 Å². The summed E-state index contributed by atoms with van der Waals surface area (Å²) in [6, 6.07) is 0. The van der Waals surface area contributed by atoms with Crippen molar-refractivity contribution in [3.05, 3.63) is 31.5 Å². The minimum Gasteiger partial charge on any atom is -0.329 e. The molecule has 1 aromatic heterocycles. The van der Waals surface area contributed by atoms with E-state index in [4.69, 9.17) is 14.2 Å². The molecule has 0 aliphatic carbocycles. The maximum Gasteiger partial charge on any atom is 0.561 e. The highest BCUT2D eigenvalue weighted by atomic mass is 33.1. The summed E-state index contributed by atoms with van der Waals surface area (Å²) in [5.41, 5.74) is -2.67. The summed E-state index contributed by atoms with van der Waals surface area (Å²) in [6.07, 6.45) is 0. The fraction of sp³-hybridized carbons (Fsp3) is 0.714. The van der Waals surface area contributed by atoms with E-state index in [2.05, 4.69) is 0 Å². The summed E-state index contributed by atoms with van der Waals surface area (Å²) < 4.78 is 18.1. The molecule has 1 aromatic rings. The first-order valence-electron chi connectivity index (χ1n) is 11.8. The maximum absolute atomic E-state index is 13.0. The zero-order valence-electron chi connectivity index (χ0n) is 22.6. The van der Waals surface area contributed by atoms with Crippen LogP contribution in [0, 0.1) is 0 Å². The second-order valence-electron chi connectivity index (χ2n) is 8.33. The molecule has 0 aliphatic heterocycles. The van der Waals surface area contributed by atoms with Crippen molar-refractivity contribution in [3.8, 4) is 0 Å². The molecule has 12 nitrogen and oxygen atoms in total. The minimum atomic E-state index is -0.889. The summed E-state index contributed by atoms with van der Waals surface area (Å²) in [5.74, 6) is 0. The zero-order valence-corrected chi connectivity index (χ0v) is 27.5. The molecule has 39 heavy (non-hydrogen) atoms. The second kappa shape index (κ2) is 19.1. The lowest BCUT2D eigenvalue weighted by molar-refractivity contribution is 0.237. The van der Waals surface area contributed by atoms with Crippen molar-refractivity contribution in [2.45, 2.75) is 76.9 Å². The SMILES string of the molecule is CC(C)SSC(=[OH+])OCCn1c(=O)n(CCOC(=[OH+])SSC(C)C)c(=O)n(CCOC(=[OH+])SSC(C)C)c1=O. The van der Waals surface area contributed by atoms with E-state index in [0.29, 0.717) is 0 Å². The molecule has 0 fully saturated rings. The number of ether oxygens (including phenoxy) is 3. The van der Waals surface area contributed by atoms with Gasteiger partial charge in [0.1, 0.15) is 0 Å². The van der Waals surface area contributed by atoms with E-state index in [-0.39, 0.29) is 71.1 Å². The quantitative estimate of drug-likeness (QED) is 0.117. The molecule has 0 saturated heterocycles. The Morgan fingerprint density at radius 3 is 1.00 bits per heavy atom. The molecule has 0 spiro atoms. The molecule has 0 aliphatic rings. The first-order valence-corrected chi connectivity index (χ1v) is 18.5. The number of hydrogen-bond donors (Lipinski definition) is 0. The predicted molar refractivity (Wildman–Crippen MR) is 169 cm³/mol. The molecule has 0 bridgehead atoms. The lowest BCUT2D eigenvalue weighted by atomic mass is 10.6. The van der Waals surface area contributed by atoms with Gasteiger partial charge < -0.3 is 28.6 Å². The fourth-order valence-electron chi connectivity index (χ4n) is 2.41. The summed E-state index contributed by atoms with van der Waals surface area (Å²) >= 11 is 0. The van der Waals surface area contributed by atoms with Crippen molar-refractivity contribution in [2.75, 3.05) is 19.8 Å². The van der Waals surface area contributed by atoms with E-state index in [9.17, 15) is 28.8 Å². The highest BCUT2D eigenvalue weighted by Gasteiger charge is 2.22. The van der Waals surface area contributed by atoms with Crippen molar-refractivity contribution in [1.82, 2.24) is 13.7 Å². The molecular formula is C21H36N3O9S6+3. The van der Waals surface area contributed by atoms with Gasteiger partial charge in [0.2, 0.25) is 19.8 Å². The highest BCUT2D eigenvalue weighted by molar-refractivity contribution is 8.82. The van der Waals surface area contributed by atoms with Crippen molar-refractivity contribution < 1.29 is 28.6 Å². The lowest BCUT2D eigenvalue weighted by Gasteiger charge is -2.11. The van der Waals surface area contributed by atoms with Gasteiger partial charge in [-0.05, 0) is 0 Å². The van der Waals surface area contributed by atoms with Gasteiger partial charge in [-0.3, -0.25) is 0 Å². The van der Waals surface area contributed by atoms with Crippen molar-refractivity contribution in [1.29, 1.82) is 0 Å². The van der Waals surface area contributed by atoms with Crippen LogP contribution in [0.15, 0.2) is 14.4 Å². The van der Waals surface area contributed by atoms with E-state index < -0.39 is 17.1 Å².